The fourth-order valence-electron chi connectivity index (χ4n) is 3.14. The second-order valence-electron chi connectivity index (χ2n) is 5.53. The van der Waals surface area contributed by atoms with Crippen LogP contribution in [0.15, 0.2) is 67.3 Å². The van der Waals surface area contributed by atoms with Gasteiger partial charge in [-0.2, -0.15) is 0 Å². The fourth-order valence-corrected chi connectivity index (χ4v) is 3.14. The summed E-state index contributed by atoms with van der Waals surface area (Å²) in [5.41, 5.74) is 2.61. The van der Waals surface area contributed by atoms with Gasteiger partial charge in [0.25, 0.3) is 5.91 Å². The Morgan fingerprint density at radius 1 is 1.04 bits per heavy atom. The van der Waals surface area contributed by atoms with Crippen LogP contribution in [0.3, 0.4) is 0 Å². The number of nitrogens with zero attached hydrogens (tertiary/aromatic N) is 4. The topological polar surface area (TPSA) is 51.0 Å². The molecule has 114 valence electrons. The molecule has 0 bridgehead atoms. The normalized spacial score (nSPS) is 16.9. The van der Waals surface area contributed by atoms with Crippen LogP contribution in [0, 0.1) is 0 Å². The predicted molar refractivity (Wildman–Crippen MR) is 85.8 cm³/mol. The molecule has 5 heteroatoms. The van der Waals surface area contributed by atoms with E-state index in [1.54, 1.807) is 12.4 Å². The van der Waals surface area contributed by atoms with Gasteiger partial charge in [-0.15, -0.1) is 0 Å². The first-order chi connectivity index (χ1) is 11.3. The number of benzene rings is 1. The quantitative estimate of drug-likeness (QED) is 0.731. The van der Waals surface area contributed by atoms with E-state index < -0.39 is 0 Å². The lowest BCUT2D eigenvalue weighted by molar-refractivity contribution is 0.0657. The zero-order valence-electron chi connectivity index (χ0n) is 12.5. The minimum atomic E-state index is -0.102. The molecular formula is C18H16N4O. The average molecular weight is 304 g/mol. The zero-order chi connectivity index (χ0) is 15.6. The summed E-state index contributed by atoms with van der Waals surface area (Å²) in [7, 11) is 0. The van der Waals surface area contributed by atoms with Crippen LogP contribution >= 0.6 is 0 Å². The minimum Gasteiger partial charge on any atom is -0.348 e. The van der Waals surface area contributed by atoms with Crippen molar-refractivity contribution in [2.45, 2.75) is 12.6 Å². The maximum absolute atomic E-state index is 12.9. The van der Waals surface area contributed by atoms with E-state index in [4.69, 9.17) is 0 Å². The molecule has 1 aromatic carbocycles. The highest BCUT2D eigenvalue weighted by Gasteiger charge is 2.33. The Balaban J connectivity index is 1.78. The monoisotopic (exact) mass is 304 g/mol. The molecule has 1 atom stereocenters. The van der Waals surface area contributed by atoms with Gasteiger partial charge in [0.15, 0.2) is 0 Å². The molecule has 0 unspecified atom stereocenters. The second-order valence-corrected chi connectivity index (χ2v) is 5.53. The minimum absolute atomic E-state index is 0.0839. The summed E-state index contributed by atoms with van der Waals surface area (Å²) in [5.74, 6) is -0.0839. The van der Waals surface area contributed by atoms with Crippen LogP contribution in [0.5, 0.6) is 0 Å². The number of amides is 1. The largest absolute Gasteiger partial charge is 0.348 e. The Morgan fingerprint density at radius 2 is 1.91 bits per heavy atom. The standard InChI is InChI=1S/C18H16N4O/c23-18(15-13-19-8-9-20-15)22-12-11-21-10-4-7-16(21)17(22)14-5-2-1-3-6-14/h1-10,13,17H,11-12H2/t17-/m0/s1. The lowest BCUT2D eigenvalue weighted by Crippen LogP contribution is -2.42. The van der Waals surface area contributed by atoms with E-state index in [9.17, 15) is 4.79 Å². The SMILES string of the molecule is O=C(c1cnccn1)N1CCn2cccc2[C@@H]1c1ccccc1. The van der Waals surface area contributed by atoms with Crippen LogP contribution in [0.2, 0.25) is 0 Å². The van der Waals surface area contributed by atoms with Crippen molar-refractivity contribution in [2.75, 3.05) is 6.54 Å². The molecule has 23 heavy (non-hydrogen) atoms. The average Bonchev–Trinajstić information content (AvgIpc) is 3.10. The Morgan fingerprint density at radius 3 is 2.70 bits per heavy atom. The van der Waals surface area contributed by atoms with Gasteiger partial charge >= 0.3 is 0 Å². The van der Waals surface area contributed by atoms with Crippen molar-refractivity contribution in [3.63, 3.8) is 0 Å². The summed E-state index contributed by atoms with van der Waals surface area (Å²) >= 11 is 0. The van der Waals surface area contributed by atoms with E-state index >= 15 is 0 Å². The first-order valence-electron chi connectivity index (χ1n) is 7.61. The number of hydrogen-bond acceptors (Lipinski definition) is 3. The Hall–Kier alpha value is -2.95. The molecule has 3 aromatic rings. The smallest absolute Gasteiger partial charge is 0.274 e. The molecule has 2 aromatic heterocycles. The van der Waals surface area contributed by atoms with Crippen molar-refractivity contribution in [1.82, 2.24) is 19.4 Å². The van der Waals surface area contributed by atoms with Crippen LogP contribution in [0.1, 0.15) is 27.8 Å². The summed E-state index contributed by atoms with van der Waals surface area (Å²) < 4.78 is 2.21. The molecule has 0 aliphatic carbocycles. The molecule has 0 fully saturated rings. The van der Waals surface area contributed by atoms with E-state index in [1.165, 1.54) is 6.20 Å². The zero-order valence-corrected chi connectivity index (χ0v) is 12.5. The van der Waals surface area contributed by atoms with Crippen molar-refractivity contribution < 1.29 is 4.79 Å². The van der Waals surface area contributed by atoms with Crippen molar-refractivity contribution in [3.05, 3.63) is 84.2 Å². The first-order valence-corrected chi connectivity index (χ1v) is 7.61. The number of aromatic nitrogens is 3. The molecule has 0 spiro atoms. The van der Waals surface area contributed by atoms with Crippen molar-refractivity contribution in [3.8, 4) is 0 Å². The maximum Gasteiger partial charge on any atom is 0.274 e. The molecule has 3 heterocycles. The Kier molecular flexibility index (Phi) is 3.38. The first kappa shape index (κ1) is 13.7. The van der Waals surface area contributed by atoms with E-state index in [-0.39, 0.29) is 11.9 Å². The molecule has 0 saturated carbocycles. The summed E-state index contributed by atoms with van der Waals surface area (Å²) in [6, 6.07) is 14.1. The predicted octanol–water partition coefficient (Wildman–Crippen LogP) is 2.52. The third-order valence-corrected chi connectivity index (χ3v) is 4.20. The Bertz CT molecular complexity index is 813. The lowest BCUT2D eigenvalue weighted by atomic mass is 9.99. The molecule has 4 rings (SSSR count). The number of carbonyl (C=O) groups is 1. The molecule has 1 aliphatic heterocycles. The van der Waals surface area contributed by atoms with Gasteiger partial charge in [-0.1, -0.05) is 30.3 Å². The lowest BCUT2D eigenvalue weighted by Gasteiger charge is -2.37. The number of carbonyl (C=O) groups excluding carboxylic acids is 1. The Labute approximate surface area is 134 Å². The summed E-state index contributed by atoms with van der Waals surface area (Å²) in [5, 5.41) is 0. The molecular weight excluding hydrogens is 288 g/mol. The van der Waals surface area contributed by atoms with Gasteiger partial charge in [-0.25, -0.2) is 4.98 Å². The van der Waals surface area contributed by atoms with Crippen LogP contribution < -0.4 is 0 Å². The number of rotatable bonds is 2. The van der Waals surface area contributed by atoms with E-state index in [1.807, 2.05) is 29.2 Å². The van der Waals surface area contributed by atoms with Gasteiger partial charge in [0.2, 0.25) is 0 Å². The summed E-state index contributed by atoms with van der Waals surface area (Å²) in [4.78, 5) is 23.0. The van der Waals surface area contributed by atoms with Crippen LogP contribution in [0.25, 0.3) is 0 Å². The van der Waals surface area contributed by atoms with E-state index in [0.29, 0.717) is 12.2 Å². The van der Waals surface area contributed by atoms with E-state index in [2.05, 4.69) is 38.9 Å². The summed E-state index contributed by atoms with van der Waals surface area (Å²) in [6.45, 7) is 1.44. The highest BCUT2D eigenvalue weighted by Crippen LogP contribution is 2.33. The fraction of sp³-hybridized carbons (Fsp3) is 0.167. The molecule has 0 saturated heterocycles. The van der Waals surface area contributed by atoms with Crippen molar-refractivity contribution in [2.24, 2.45) is 0 Å². The molecule has 0 radical (unpaired) electrons. The molecule has 0 N–H and O–H groups in total. The maximum atomic E-state index is 12.9. The third kappa shape index (κ3) is 2.40. The second kappa shape index (κ2) is 5.68. The number of fused-ring (bicyclic) bond motifs is 1. The van der Waals surface area contributed by atoms with Gasteiger partial charge in [0.1, 0.15) is 5.69 Å². The van der Waals surface area contributed by atoms with Gasteiger partial charge < -0.3 is 9.47 Å². The number of hydrogen-bond donors (Lipinski definition) is 0. The molecule has 5 nitrogen and oxygen atoms in total. The molecule has 1 amide bonds. The van der Waals surface area contributed by atoms with Crippen LogP contribution in [-0.2, 0) is 6.54 Å². The highest BCUT2D eigenvalue weighted by atomic mass is 16.2. The van der Waals surface area contributed by atoms with Crippen LogP contribution in [0.4, 0.5) is 0 Å². The van der Waals surface area contributed by atoms with Crippen molar-refractivity contribution >= 4 is 5.91 Å². The van der Waals surface area contributed by atoms with Crippen LogP contribution in [-0.4, -0.2) is 31.9 Å². The van der Waals surface area contributed by atoms with E-state index in [0.717, 1.165) is 17.8 Å². The van der Waals surface area contributed by atoms with Gasteiger partial charge in [0.05, 0.1) is 12.2 Å². The van der Waals surface area contributed by atoms with Gasteiger partial charge in [-0.05, 0) is 17.7 Å². The van der Waals surface area contributed by atoms with Gasteiger partial charge in [0, 0.05) is 37.4 Å². The van der Waals surface area contributed by atoms with Gasteiger partial charge in [-0.3, -0.25) is 9.78 Å². The highest BCUT2D eigenvalue weighted by molar-refractivity contribution is 5.92. The molecule has 1 aliphatic rings. The van der Waals surface area contributed by atoms with Crippen molar-refractivity contribution in [1.29, 1.82) is 0 Å². The summed E-state index contributed by atoms with van der Waals surface area (Å²) in [6.07, 6.45) is 6.72. The third-order valence-electron chi connectivity index (χ3n) is 4.20.